The van der Waals surface area contributed by atoms with Crippen molar-refractivity contribution in [1.29, 1.82) is 0 Å². The highest BCUT2D eigenvalue weighted by Gasteiger charge is 2.39. The zero-order valence-electron chi connectivity index (χ0n) is 10.0. The summed E-state index contributed by atoms with van der Waals surface area (Å²) in [7, 11) is 0.311. The number of carboxylic acid groups (broad SMARTS) is 1. The Morgan fingerprint density at radius 2 is 2.18 bits per heavy atom. The van der Waals surface area contributed by atoms with Crippen molar-refractivity contribution in [1.82, 2.24) is 5.32 Å². The molecule has 0 unspecified atom stereocenters. The van der Waals surface area contributed by atoms with Crippen LogP contribution >= 0.6 is 0 Å². The SMILES string of the molecule is CO[C@H]1CN[C@H](C(=O)O)[C@@H]1CCCCB(O)O. The Morgan fingerprint density at radius 1 is 1.47 bits per heavy atom. The lowest BCUT2D eigenvalue weighted by molar-refractivity contribution is -0.140. The minimum Gasteiger partial charge on any atom is -0.480 e. The third kappa shape index (κ3) is 4.27. The molecule has 7 heteroatoms. The van der Waals surface area contributed by atoms with Gasteiger partial charge < -0.3 is 25.2 Å². The van der Waals surface area contributed by atoms with Gasteiger partial charge in [-0.15, -0.1) is 0 Å². The van der Waals surface area contributed by atoms with E-state index in [4.69, 9.17) is 19.9 Å². The molecule has 3 atom stereocenters. The van der Waals surface area contributed by atoms with Crippen LogP contribution in [0.2, 0.25) is 6.32 Å². The van der Waals surface area contributed by atoms with Crippen LogP contribution in [0.3, 0.4) is 0 Å². The second-order valence-corrected chi connectivity index (χ2v) is 4.43. The summed E-state index contributed by atoms with van der Waals surface area (Å²) in [4.78, 5) is 11.0. The van der Waals surface area contributed by atoms with Gasteiger partial charge in [-0.05, 0) is 12.7 Å². The van der Waals surface area contributed by atoms with Gasteiger partial charge in [0.1, 0.15) is 6.04 Å². The van der Waals surface area contributed by atoms with Crippen LogP contribution in [0.15, 0.2) is 0 Å². The first-order chi connectivity index (χ1) is 8.06. The maximum atomic E-state index is 11.0. The van der Waals surface area contributed by atoms with E-state index in [1.54, 1.807) is 7.11 Å². The Labute approximate surface area is 101 Å². The van der Waals surface area contributed by atoms with E-state index in [1.165, 1.54) is 0 Å². The van der Waals surface area contributed by atoms with Crippen molar-refractivity contribution >= 4 is 13.1 Å². The van der Waals surface area contributed by atoms with E-state index < -0.39 is 19.1 Å². The van der Waals surface area contributed by atoms with Crippen LogP contribution in [0.5, 0.6) is 0 Å². The molecular formula is C10H20BNO5. The molecule has 1 saturated heterocycles. The third-order valence-electron chi connectivity index (χ3n) is 3.26. The van der Waals surface area contributed by atoms with Crippen molar-refractivity contribution in [2.45, 2.75) is 37.7 Å². The molecule has 0 aromatic heterocycles. The molecule has 0 spiro atoms. The van der Waals surface area contributed by atoms with Gasteiger partial charge in [-0.2, -0.15) is 0 Å². The molecule has 98 valence electrons. The maximum Gasteiger partial charge on any atom is 0.451 e. The highest BCUT2D eigenvalue weighted by atomic mass is 16.5. The van der Waals surface area contributed by atoms with Gasteiger partial charge in [0.2, 0.25) is 0 Å². The molecule has 4 N–H and O–H groups in total. The molecule has 0 aromatic carbocycles. The monoisotopic (exact) mass is 245 g/mol. The Bertz CT molecular complexity index is 251. The van der Waals surface area contributed by atoms with Gasteiger partial charge in [0.25, 0.3) is 0 Å². The van der Waals surface area contributed by atoms with Crippen LogP contribution in [0.25, 0.3) is 0 Å². The predicted molar refractivity (Wildman–Crippen MR) is 62.6 cm³/mol. The zero-order valence-corrected chi connectivity index (χ0v) is 10.0. The van der Waals surface area contributed by atoms with E-state index in [9.17, 15) is 4.79 Å². The number of carbonyl (C=O) groups is 1. The fraction of sp³-hybridized carbons (Fsp3) is 0.900. The normalized spacial score (nSPS) is 28.3. The molecule has 0 bridgehead atoms. The van der Waals surface area contributed by atoms with Crippen molar-refractivity contribution in [2.75, 3.05) is 13.7 Å². The summed E-state index contributed by atoms with van der Waals surface area (Å²) in [6, 6.07) is -0.556. The molecule has 1 rings (SSSR count). The van der Waals surface area contributed by atoms with E-state index in [2.05, 4.69) is 5.32 Å². The summed E-state index contributed by atoms with van der Waals surface area (Å²) < 4.78 is 5.26. The lowest BCUT2D eigenvalue weighted by Gasteiger charge is -2.20. The molecule has 0 aromatic rings. The summed E-state index contributed by atoms with van der Waals surface area (Å²) in [5.74, 6) is -0.898. The van der Waals surface area contributed by atoms with Gasteiger partial charge in [0.05, 0.1) is 6.10 Å². The molecule has 1 heterocycles. The average Bonchev–Trinajstić information content (AvgIpc) is 2.67. The maximum absolute atomic E-state index is 11.0. The van der Waals surface area contributed by atoms with E-state index in [0.29, 0.717) is 19.3 Å². The number of methoxy groups -OCH3 is 1. The topological polar surface area (TPSA) is 99.0 Å². The standard InChI is InChI=1S/C10H20BNO5/c1-17-8-6-12-9(10(13)14)7(8)4-2-3-5-11(15)16/h7-9,12,15-16H,2-6H2,1H3,(H,13,14)/t7-,8+,9+/m1/s1. The number of carboxylic acids is 1. The zero-order chi connectivity index (χ0) is 12.8. The molecule has 0 saturated carbocycles. The van der Waals surface area contributed by atoms with Crippen LogP contribution < -0.4 is 5.32 Å². The highest BCUT2D eigenvalue weighted by molar-refractivity contribution is 6.40. The first-order valence-corrected chi connectivity index (χ1v) is 5.91. The second kappa shape index (κ2) is 6.95. The van der Waals surface area contributed by atoms with Gasteiger partial charge in [-0.1, -0.05) is 12.8 Å². The van der Waals surface area contributed by atoms with E-state index in [1.807, 2.05) is 0 Å². The Morgan fingerprint density at radius 3 is 2.71 bits per heavy atom. The number of hydrogen-bond donors (Lipinski definition) is 4. The smallest absolute Gasteiger partial charge is 0.451 e. The molecule has 1 aliphatic heterocycles. The van der Waals surface area contributed by atoms with Crippen molar-refractivity contribution in [3.63, 3.8) is 0 Å². The van der Waals surface area contributed by atoms with Gasteiger partial charge >= 0.3 is 13.1 Å². The first kappa shape index (κ1) is 14.4. The van der Waals surface area contributed by atoms with E-state index in [-0.39, 0.29) is 12.0 Å². The summed E-state index contributed by atoms with van der Waals surface area (Å²) in [5.41, 5.74) is 0. The quantitative estimate of drug-likeness (QED) is 0.350. The van der Waals surface area contributed by atoms with Gasteiger partial charge in [0, 0.05) is 19.6 Å². The minimum atomic E-state index is -1.27. The van der Waals surface area contributed by atoms with E-state index in [0.717, 1.165) is 12.8 Å². The Hall–Kier alpha value is -0.625. The molecule has 1 fully saturated rings. The molecule has 1 aliphatic rings. The first-order valence-electron chi connectivity index (χ1n) is 5.91. The number of ether oxygens (including phenoxy) is 1. The molecule has 17 heavy (non-hydrogen) atoms. The largest absolute Gasteiger partial charge is 0.480 e. The minimum absolute atomic E-state index is 0.0478. The number of unbranched alkanes of at least 4 members (excludes halogenated alkanes) is 1. The van der Waals surface area contributed by atoms with Crippen molar-refractivity contribution in [3.8, 4) is 0 Å². The lowest BCUT2D eigenvalue weighted by Crippen LogP contribution is -2.36. The molecule has 0 radical (unpaired) electrons. The van der Waals surface area contributed by atoms with Crippen LogP contribution in [0.1, 0.15) is 19.3 Å². The van der Waals surface area contributed by atoms with Crippen LogP contribution in [0, 0.1) is 5.92 Å². The highest BCUT2D eigenvalue weighted by Crippen LogP contribution is 2.25. The van der Waals surface area contributed by atoms with Gasteiger partial charge in [-0.25, -0.2) is 0 Å². The van der Waals surface area contributed by atoms with Crippen LogP contribution in [-0.4, -0.2) is 54.0 Å². The lowest BCUT2D eigenvalue weighted by atomic mass is 9.82. The van der Waals surface area contributed by atoms with Crippen molar-refractivity contribution in [3.05, 3.63) is 0 Å². The number of rotatable bonds is 7. The Balaban J connectivity index is 2.38. The molecular weight excluding hydrogens is 225 g/mol. The third-order valence-corrected chi connectivity index (χ3v) is 3.26. The summed E-state index contributed by atoms with van der Waals surface area (Å²) in [5, 5.41) is 29.4. The van der Waals surface area contributed by atoms with Crippen LogP contribution in [-0.2, 0) is 9.53 Å². The fourth-order valence-electron chi connectivity index (χ4n) is 2.35. The fourth-order valence-corrected chi connectivity index (χ4v) is 2.35. The summed E-state index contributed by atoms with van der Waals surface area (Å²) >= 11 is 0. The van der Waals surface area contributed by atoms with Crippen LogP contribution in [0.4, 0.5) is 0 Å². The average molecular weight is 245 g/mol. The number of aliphatic carboxylic acids is 1. The molecule has 6 nitrogen and oxygen atoms in total. The van der Waals surface area contributed by atoms with Gasteiger partial charge in [-0.3, -0.25) is 4.79 Å². The van der Waals surface area contributed by atoms with Crippen molar-refractivity contribution in [2.24, 2.45) is 5.92 Å². The van der Waals surface area contributed by atoms with Gasteiger partial charge in [0.15, 0.2) is 0 Å². The molecule has 0 aliphatic carbocycles. The molecule has 0 amide bonds. The predicted octanol–water partition coefficient (Wildman–Crippen LogP) is -0.683. The Kier molecular flexibility index (Phi) is 5.90. The van der Waals surface area contributed by atoms with E-state index >= 15 is 0 Å². The summed E-state index contributed by atoms with van der Waals surface area (Å²) in [6.45, 7) is 0.556. The second-order valence-electron chi connectivity index (χ2n) is 4.43. The summed E-state index contributed by atoms with van der Waals surface area (Å²) in [6.07, 6.45) is 2.42. The number of nitrogens with one attached hydrogen (secondary N) is 1. The number of hydrogen-bond acceptors (Lipinski definition) is 5. The van der Waals surface area contributed by atoms with Crippen molar-refractivity contribution < 1.29 is 24.7 Å².